The van der Waals surface area contributed by atoms with Crippen molar-refractivity contribution < 1.29 is 0 Å². The molecule has 0 bridgehead atoms. The summed E-state index contributed by atoms with van der Waals surface area (Å²) < 4.78 is 0. The van der Waals surface area contributed by atoms with Crippen LogP contribution in [0.2, 0.25) is 0 Å². The van der Waals surface area contributed by atoms with E-state index in [4.69, 9.17) is 0 Å². The maximum Gasteiger partial charge on any atom is 0.132 e. The van der Waals surface area contributed by atoms with Crippen LogP contribution in [0.5, 0.6) is 0 Å². The van der Waals surface area contributed by atoms with E-state index in [1.54, 1.807) is 0 Å². The first kappa shape index (κ1) is 11.9. The predicted octanol–water partition coefficient (Wildman–Crippen LogP) is 1.54. The molecule has 3 heterocycles. The lowest BCUT2D eigenvalue weighted by Crippen LogP contribution is -2.44. The van der Waals surface area contributed by atoms with Gasteiger partial charge in [0, 0.05) is 30.9 Å². The van der Waals surface area contributed by atoms with Gasteiger partial charge in [-0.1, -0.05) is 6.92 Å². The van der Waals surface area contributed by atoms with Gasteiger partial charge in [-0.05, 0) is 38.6 Å². The molecule has 2 aliphatic heterocycles. The minimum Gasteiger partial charge on any atom is -0.356 e. The van der Waals surface area contributed by atoms with Gasteiger partial charge in [0.05, 0.1) is 0 Å². The Hall–Kier alpha value is -1.16. The number of nitrogens with one attached hydrogen (secondary N) is 1. The van der Waals surface area contributed by atoms with Crippen molar-refractivity contribution in [3.63, 3.8) is 0 Å². The van der Waals surface area contributed by atoms with Gasteiger partial charge in [-0.2, -0.15) is 0 Å². The van der Waals surface area contributed by atoms with Crippen LogP contribution in [0.25, 0.3) is 0 Å². The Kier molecular flexibility index (Phi) is 3.20. The topological polar surface area (TPSA) is 41.0 Å². The molecule has 4 nitrogen and oxygen atoms in total. The molecule has 4 heteroatoms. The second-order valence-electron chi connectivity index (χ2n) is 5.46. The van der Waals surface area contributed by atoms with Crippen molar-refractivity contribution in [3.8, 4) is 0 Å². The summed E-state index contributed by atoms with van der Waals surface area (Å²) in [5.74, 6) is 2.83. The van der Waals surface area contributed by atoms with Crippen molar-refractivity contribution in [1.82, 2.24) is 15.3 Å². The zero-order valence-electron chi connectivity index (χ0n) is 11.3. The van der Waals surface area contributed by atoms with Crippen LogP contribution in [0.4, 0.5) is 5.82 Å². The Morgan fingerprint density at radius 1 is 1.39 bits per heavy atom. The largest absolute Gasteiger partial charge is 0.356 e. The SMILES string of the molecule is CCc1cc(N2CCC3NCCC3C2)nc(C)n1. The number of nitrogens with zero attached hydrogens (tertiary/aromatic N) is 3. The van der Waals surface area contributed by atoms with Gasteiger partial charge >= 0.3 is 0 Å². The predicted molar refractivity (Wildman–Crippen MR) is 72.9 cm³/mol. The molecule has 1 aromatic rings. The molecule has 1 N–H and O–H groups in total. The van der Waals surface area contributed by atoms with E-state index < -0.39 is 0 Å². The smallest absolute Gasteiger partial charge is 0.132 e. The maximum atomic E-state index is 4.61. The monoisotopic (exact) mass is 246 g/mol. The minimum absolute atomic E-state index is 0.745. The zero-order chi connectivity index (χ0) is 12.5. The van der Waals surface area contributed by atoms with Gasteiger partial charge in [-0.3, -0.25) is 0 Å². The van der Waals surface area contributed by atoms with Crippen LogP contribution >= 0.6 is 0 Å². The van der Waals surface area contributed by atoms with E-state index in [1.165, 1.54) is 19.4 Å². The van der Waals surface area contributed by atoms with Gasteiger partial charge < -0.3 is 10.2 Å². The lowest BCUT2D eigenvalue weighted by atomic mass is 9.93. The highest BCUT2D eigenvalue weighted by Crippen LogP contribution is 2.27. The Labute approximate surface area is 109 Å². The summed E-state index contributed by atoms with van der Waals surface area (Å²) in [7, 11) is 0. The van der Waals surface area contributed by atoms with E-state index >= 15 is 0 Å². The fourth-order valence-corrected chi connectivity index (χ4v) is 3.21. The molecule has 2 fully saturated rings. The second kappa shape index (κ2) is 4.84. The molecule has 2 saturated heterocycles. The maximum absolute atomic E-state index is 4.61. The number of rotatable bonds is 2. The normalized spacial score (nSPS) is 27.3. The van der Waals surface area contributed by atoms with E-state index in [1.807, 2.05) is 6.92 Å². The van der Waals surface area contributed by atoms with Gasteiger partial charge in [0.25, 0.3) is 0 Å². The van der Waals surface area contributed by atoms with Crippen molar-refractivity contribution in [3.05, 3.63) is 17.6 Å². The third kappa shape index (κ3) is 2.21. The van der Waals surface area contributed by atoms with Crippen LogP contribution in [0.1, 0.15) is 31.3 Å². The fraction of sp³-hybridized carbons (Fsp3) is 0.714. The van der Waals surface area contributed by atoms with Crippen LogP contribution in [0.3, 0.4) is 0 Å². The molecule has 2 unspecified atom stereocenters. The molecule has 1 aromatic heterocycles. The highest BCUT2D eigenvalue weighted by Gasteiger charge is 2.33. The van der Waals surface area contributed by atoms with Crippen LogP contribution in [0, 0.1) is 12.8 Å². The van der Waals surface area contributed by atoms with Crippen molar-refractivity contribution in [2.24, 2.45) is 5.92 Å². The van der Waals surface area contributed by atoms with Gasteiger partial charge in [0.15, 0.2) is 0 Å². The Balaban J connectivity index is 1.80. The molecular formula is C14H22N4. The Bertz CT molecular complexity index is 432. The summed E-state index contributed by atoms with van der Waals surface area (Å²) in [6, 6.07) is 2.91. The molecule has 0 aromatic carbocycles. The first-order chi connectivity index (χ1) is 8.76. The van der Waals surface area contributed by atoms with Crippen molar-refractivity contribution in [2.75, 3.05) is 24.5 Å². The summed E-state index contributed by atoms with van der Waals surface area (Å²) in [5, 5.41) is 3.61. The average molecular weight is 246 g/mol. The van der Waals surface area contributed by atoms with Crippen LogP contribution in [-0.4, -0.2) is 35.6 Å². The summed E-state index contributed by atoms with van der Waals surface area (Å²) in [6.07, 6.45) is 3.54. The molecule has 0 radical (unpaired) electrons. The lowest BCUT2D eigenvalue weighted by Gasteiger charge is -2.35. The molecule has 98 valence electrons. The van der Waals surface area contributed by atoms with Crippen molar-refractivity contribution in [1.29, 1.82) is 0 Å². The fourth-order valence-electron chi connectivity index (χ4n) is 3.21. The van der Waals surface area contributed by atoms with Crippen molar-refractivity contribution in [2.45, 2.75) is 39.2 Å². The molecule has 0 amide bonds. The highest BCUT2D eigenvalue weighted by molar-refractivity contribution is 5.41. The quantitative estimate of drug-likeness (QED) is 0.859. The number of piperidine rings is 1. The number of fused-ring (bicyclic) bond motifs is 1. The lowest BCUT2D eigenvalue weighted by molar-refractivity contribution is 0.374. The van der Waals surface area contributed by atoms with Gasteiger partial charge in [-0.25, -0.2) is 9.97 Å². The van der Waals surface area contributed by atoms with E-state index in [9.17, 15) is 0 Å². The van der Waals surface area contributed by atoms with Gasteiger partial charge in [-0.15, -0.1) is 0 Å². The number of hydrogen-bond donors (Lipinski definition) is 1. The van der Waals surface area contributed by atoms with E-state index in [0.717, 1.165) is 48.8 Å². The van der Waals surface area contributed by atoms with Crippen LogP contribution in [-0.2, 0) is 6.42 Å². The molecule has 0 aliphatic carbocycles. The summed E-state index contributed by atoms with van der Waals surface area (Å²) >= 11 is 0. The minimum atomic E-state index is 0.745. The molecule has 0 spiro atoms. The van der Waals surface area contributed by atoms with Crippen LogP contribution in [0.15, 0.2) is 6.07 Å². The van der Waals surface area contributed by atoms with E-state index in [2.05, 4.69) is 33.2 Å². The van der Waals surface area contributed by atoms with E-state index in [-0.39, 0.29) is 0 Å². The Morgan fingerprint density at radius 3 is 3.11 bits per heavy atom. The van der Waals surface area contributed by atoms with Crippen molar-refractivity contribution >= 4 is 5.82 Å². The molecular weight excluding hydrogens is 224 g/mol. The average Bonchev–Trinajstić information content (AvgIpc) is 2.85. The molecule has 3 rings (SSSR count). The first-order valence-electron chi connectivity index (χ1n) is 7.09. The molecule has 0 saturated carbocycles. The number of hydrogen-bond acceptors (Lipinski definition) is 4. The first-order valence-corrected chi connectivity index (χ1v) is 7.09. The number of anilines is 1. The summed E-state index contributed by atoms with van der Waals surface area (Å²) in [5.41, 5.74) is 1.16. The molecule has 2 atom stereocenters. The third-order valence-corrected chi connectivity index (χ3v) is 4.22. The molecule has 18 heavy (non-hydrogen) atoms. The standard InChI is InChI=1S/C14H22N4/c1-3-12-8-14(17-10(2)16-12)18-7-5-13-11(9-18)4-6-15-13/h8,11,13,15H,3-7,9H2,1-2H3. The van der Waals surface area contributed by atoms with Crippen LogP contribution < -0.4 is 10.2 Å². The second-order valence-corrected chi connectivity index (χ2v) is 5.46. The Morgan fingerprint density at radius 2 is 2.28 bits per heavy atom. The van der Waals surface area contributed by atoms with E-state index in [0.29, 0.717) is 0 Å². The summed E-state index contributed by atoms with van der Waals surface area (Å²) in [6.45, 7) is 7.60. The zero-order valence-corrected chi connectivity index (χ0v) is 11.3. The highest BCUT2D eigenvalue weighted by atomic mass is 15.2. The van der Waals surface area contributed by atoms with Gasteiger partial charge in [0.1, 0.15) is 11.6 Å². The number of aromatic nitrogens is 2. The summed E-state index contributed by atoms with van der Waals surface area (Å²) in [4.78, 5) is 11.5. The van der Waals surface area contributed by atoms with Gasteiger partial charge in [0.2, 0.25) is 0 Å². The molecule has 2 aliphatic rings. The third-order valence-electron chi connectivity index (χ3n) is 4.22. The number of aryl methyl sites for hydroxylation is 2.